The lowest BCUT2D eigenvalue weighted by Gasteiger charge is -2.47. The largest absolute Gasteiger partial charge is 0.351 e. The van der Waals surface area contributed by atoms with Crippen LogP contribution in [0, 0.1) is 23.0 Å². The number of aryl methyl sites for hydroxylation is 1. The lowest BCUT2D eigenvalue weighted by atomic mass is 9.83. The number of fused-ring (bicyclic) bond motifs is 1. The molecule has 3 aromatic rings. The normalized spacial score (nSPS) is 22.4. The van der Waals surface area contributed by atoms with Gasteiger partial charge in [0.05, 0.1) is 23.7 Å². The molecule has 0 unspecified atom stereocenters. The summed E-state index contributed by atoms with van der Waals surface area (Å²) in [6.07, 6.45) is 0.159. The Labute approximate surface area is 237 Å². The lowest BCUT2D eigenvalue weighted by Crippen LogP contribution is -2.67. The third kappa shape index (κ3) is 4.45. The first-order chi connectivity index (χ1) is 20.0. The molecule has 1 aromatic heterocycles. The molecule has 0 bridgehead atoms. The molecule has 1 saturated carbocycles. The Kier molecular flexibility index (Phi) is 6.48. The minimum atomic E-state index is -2.93. The maximum Gasteiger partial charge on any atom is 0.252 e. The number of carbonyl (C=O) groups excluding carboxylic acids is 3. The third-order valence-corrected chi connectivity index (χ3v) is 8.08. The van der Waals surface area contributed by atoms with Crippen LogP contribution in [0.3, 0.4) is 0 Å². The molecule has 2 aromatic carbocycles. The van der Waals surface area contributed by atoms with Gasteiger partial charge in [0.1, 0.15) is 23.5 Å². The summed E-state index contributed by atoms with van der Waals surface area (Å²) in [5.74, 6) is -7.00. The van der Waals surface area contributed by atoms with E-state index < -0.39 is 65.7 Å². The van der Waals surface area contributed by atoms with Crippen molar-refractivity contribution in [3.63, 3.8) is 0 Å². The van der Waals surface area contributed by atoms with Gasteiger partial charge in [-0.3, -0.25) is 24.2 Å². The van der Waals surface area contributed by atoms with Crippen molar-refractivity contribution in [2.24, 2.45) is 0 Å². The number of anilines is 2. The number of hydrogen-bond acceptors (Lipinski definition) is 5. The van der Waals surface area contributed by atoms with Gasteiger partial charge >= 0.3 is 0 Å². The van der Waals surface area contributed by atoms with Crippen LogP contribution in [0.2, 0.25) is 0 Å². The number of β-lactam (4-membered cyclic amide) rings is 1. The second-order valence-corrected chi connectivity index (χ2v) is 10.8. The van der Waals surface area contributed by atoms with Gasteiger partial charge in [0, 0.05) is 31.1 Å². The highest BCUT2D eigenvalue weighted by Gasteiger charge is 2.58. The van der Waals surface area contributed by atoms with Crippen LogP contribution in [-0.4, -0.2) is 40.7 Å². The maximum atomic E-state index is 14.6. The SMILES string of the molecule is N#Cc1ccnc(N2C(=O)C[C@H]2C(=O)N(c2cc(F)cc(F)c2)[C@@]2(C(=O)NC3CC(F)(F)C3)CCc3ccccc32)c1. The van der Waals surface area contributed by atoms with Crippen LogP contribution in [-0.2, 0) is 26.3 Å². The molecule has 12 heteroatoms. The van der Waals surface area contributed by atoms with Gasteiger partial charge in [0.2, 0.25) is 5.91 Å². The summed E-state index contributed by atoms with van der Waals surface area (Å²) < 4.78 is 56.6. The average molecular weight is 578 g/mol. The van der Waals surface area contributed by atoms with Gasteiger partial charge in [-0.05, 0) is 48.2 Å². The predicted octanol–water partition coefficient (Wildman–Crippen LogP) is 4.13. The molecule has 8 nitrogen and oxygen atoms in total. The van der Waals surface area contributed by atoms with E-state index in [4.69, 9.17) is 0 Å². The number of nitriles is 1. The van der Waals surface area contributed by atoms with Crippen molar-refractivity contribution in [2.75, 3.05) is 9.80 Å². The number of alkyl halides is 2. The fraction of sp³-hybridized carbons (Fsp3) is 0.300. The standard InChI is InChI=1S/C30H23F4N5O3/c31-19-10-20(32)12-22(11-19)39(27(41)24-13-26(40)38(24)25-9-17(16-35)6-8-36-25)30(7-5-18-3-1-2-4-23(18)30)28(42)37-21-14-29(33,34)15-21/h1-4,6,8-12,21,24H,5,7,13-15H2,(H,37,42)/t24-,30-/m0/s1. The van der Waals surface area contributed by atoms with Crippen LogP contribution >= 0.6 is 0 Å². The number of hydrogen-bond donors (Lipinski definition) is 1. The molecule has 1 aliphatic heterocycles. The Morgan fingerprint density at radius 3 is 2.45 bits per heavy atom. The minimum absolute atomic E-state index is 0.00595. The average Bonchev–Trinajstić information content (AvgIpc) is 3.30. The number of halogens is 4. The van der Waals surface area contributed by atoms with Crippen LogP contribution in [0.1, 0.15) is 42.4 Å². The molecule has 0 radical (unpaired) electrons. The molecule has 6 rings (SSSR count). The second kappa shape index (κ2) is 9.94. The highest BCUT2D eigenvalue weighted by Crippen LogP contribution is 2.47. The maximum absolute atomic E-state index is 14.6. The van der Waals surface area contributed by atoms with Gasteiger partial charge in [0.15, 0.2) is 5.54 Å². The topological polar surface area (TPSA) is 106 Å². The van der Waals surface area contributed by atoms with Crippen LogP contribution in [0.4, 0.5) is 29.1 Å². The zero-order valence-corrected chi connectivity index (χ0v) is 22.0. The smallest absolute Gasteiger partial charge is 0.252 e. The number of nitrogens with zero attached hydrogens (tertiary/aromatic N) is 4. The van der Waals surface area contributed by atoms with Gasteiger partial charge in [-0.1, -0.05) is 24.3 Å². The van der Waals surface area contributed by atoms with E-state index in [1.54, 1.807) is 24.3 Å². The summed E-state index contributed by atoms with van der Waals surface area (Å²) >= 11 is 0. The van der Waals surface area contributed by atoms with Crippen molar-refractivity contribution < 1.29 is 31.9 Å². The second-order valence-electron chi connectivity index (χ2n) is 10.8. The van der Waals surface area contributed by atoms with Crippen molar-refractivity contribution >= 4 is 29.2 Å². The Morgan fingerprint density at radius 1 is 1.07 bits per heavy atom. The van der Waals surface area contributed by atoms with E-state index in [9.17, 15) is 37.2 Å². The van der Waals surface area contributed by atoms with Gasteiger partial charge in [-0.15, -0.1) is 0 Å². The summed E-state index contributed by atoms with van der Waals surface area (Å²) in [6.45, 7) is 0. The van der Waals surface area contributed by atoms with Gasteiger partial charge in [-0.25, -0.2) is 22.5 Å². The minimum Gasteiger partial charge on any atom is -0.351 e. The number of nitrogens with one attached hydrogen (secondary N) is 1. The summed E-state index contributed by atoms with van der Waals surface area (Å²) in [4.78, 5) is 47.7. The Balaban J connectivity index is 1.49. The van der Waals surface area contributed by atoms with E-state index in [1.165, 1.54) is 18.3 Å². The number of aromatic nitrogens is 1. The Bertz CT molecular complexity index is 1650. The highest BCUT2D eigenvalue weighted by atomic mass is 19.3. The number of benzene rings is 2. The third-order valence-electron chi connectivity index (χ3n) is 8.08. The van der Waals surface area contributed by atoms with E-state index in [2.05, 4.69) is 10.3 Å². The molecule has 2 fully saturated rings. The summed E-state index contributed by atoms with van der Waals surface area (Å²) in [6, 6.07) is 11.8. The van der Waals surface area contributed by atoms with E-state index in [-0.39, 0.29) is 29.9 Å². The molecule has 42 heavy (non-hydrogen) atoms. The van der Waals surface area contributed by atoms with E-state index in [0.717, 1.165) is 21.9 Å². The van der Waals surface area contributed by atoms with Gasteiger partial charge < -0.3 is 5.32 Å². The van der Waals surface area contributed by atoms with E-state index in [0.29, 0.717) is 23.6 Å². The molecule has 2 heterocycles. The first kappa shape index (κ1) is 27.4. The number of amides is 3. The molecule has 1 saturated heterocycles. The lowest BCUT2D eigenvalue weighted by molar-refractivity contribution is -0.138. The van der Waals surface area contributed by atoms with Crippen LogP contribution < -0.4 is 15.1 Å². The van der Waals surface area contributed by atoms with Crippen molar-refractivity contribution in [3.05, 3.63) is 89.1 Å². The molecular weight excluding hydrogens is 554 g/mol. The fourth-order valence-electron chi connectivity index (χ4n) is 6.10. The fourth-order valence-corrected chi connectivity index (χ4v) is 6.10. The zero-order chi connectivity index (χ0) is 29.8. The molecular formula is C30H23F4N5O3. The first-order valence-corrected chi connectivity index (χ1v) is 13.3. The summed E-state index contributed by atoms with van der Waals surface area (Å²) in [5, 5.41) is 11.9. The summed E-state index contributed by atoms with van der Waals surface area (Å²) in [7, 11) is 0. The predicted molar refractivity (Wildman–Crippen MR) is 141 cm³/mol. The molecule has 214 valence electrons. The van der Waals surface area contributed by atoms with Crippen molar-refractivity contribution in [1.29, 1.82) is 5.26 Å². The van der Waals surface area contributed by atoms with Crippen LogP contribution in [0.5, 0.6) is 0 Å². The van der Waals surface area contributed by atoms with Gasteiger partial charge in [-0.2, -0.15) is 5.26 Å². The molecule has 2 atom stereocenters. The van der Waals surface area contributed by atoms with Crippen molar-refractivity contribution in [2.45, 2.75) is 55.6 Å². The quantitative estimate of drug-likeness (QED) is 0.351. The molecule has 3 amide bonds. The Morgan fingerprint density at radius 2 is 1.79 bits per heavy atom. The number of pyridine rings is 1. The zero-order valence-electron chi connectivity index (χ0n) is 22.0. The van der Waals surface area contributed by atoms with Crippen molar-refractivity contribution in [3.8, 4) is 6.07 Å². The summed E-state index contributed by atoms with van der Waals surface area (Å²) in [5.41, 5.74) is -0.876. The van der Waals surface area contributed by atoms with Crippen LogP contribution in [0.25, 0.3) is 0 Å². The molecule has 1 N–H and O–H groups in total. The van der Waals surface area contributed by atoms with Crippen LogP contribution in [0.15, 0.2) is 60.8 Å². The Hall–Kier alpha value is -4.79. The monoisotopic (exact) mass is 577 g/mol. The number of rotatable bonds is 6. The molecule has 3 aliphatic rings. The molecule has 0 spiro atoms. The van der Waals surface area contributed by atoms with E-state index >= 15 is 0 Å². The van der Waals surface area contributed by atoms with E-state index in [1.807, 2.05) is 6.07 Å². The van der Waals surface area contributed by atoms with Crippen molar-refractivity contribution in [1.82, 2.24) is 10.3 Å². The number of carbonyl (C=O) groups is 3. The first-order valence-electron chi connectivity index (χ1n) is 13.3. The highest BCUT2D eigenvalue weighted by molar-refractivity contribution is 6.16. The molecule has 2 aliphatic carbocycles. The van der Waals surface area contributed by atoms with Gasteiger partial charge in [0.25, 0.3) is 17.7 Å².